The van der Waals surface area contributed by atoms with Crippen molar-refractivity contribution in [2.24, 2.45) is 5.41 Å². The molecule has 2 aliphatic rings. The molecule has 1 spiro atoms. The summed E-state index contributed by atoms with van der Waals surface area (Å²) >= 11 is 0. The van der Waals surface area contributed by atoms with Gasteiger partial charge in [0, 0.05) is 76.0 Å². The average molecular weight is 344 g/mol. The summed E-state index contributed by atoms with van der Waals surface area (Å²) in [5, 5.41) is 0. The molecule has 0 aromatic carbocycles. The SMILES string of the molecule is CCN1CC2(CC1=O)CN(C(C)=O)CCN(C(=O)c1ccncc1)C2. The van der Waals surface area contributed by atoms with Crippen LogP contribution in [0.5, 0.6) is 0 Å². The van der Waals surface area contributed by atoms with Gasteiger partial charge in [-0.3, -0.25) is 19.4 Å². The third-order valence-electron chi connectivity index (χ3n) is 5.14. The van der Waals surface area contributed by atoms with Crippen LogP contribution in [0.25, 0.3) is 0 Å². The number of pyridine rings is 1. The smallest absolute Gasteiger partial charge is 0.254 e. The number of hydrogen-bond acceptors (Lipinski definition) is 4. The lowest BCUT2D eigenvalue weighted by Gasteiger charge is -2.33. The van der Waals surface area contributed by atoms with Gasteiger partial charge in [-0.15, -0.1) is 0 Å². The van der Waals surface area contributed by atoms with E-state index in [2.05, 4.69) is 4.98 Å². The Labute approximate surface area is 147 Å². The highest BCUT2D eigenvalue weighted by Gasteiger charge is 2.47. The van der Waals surface area contributed by atoms with E-state index in [1.54, 1.807) is 41.2 Å². The summed E-state index contributed by atoms with van der Waals surface area (Å²) in [6, 6.07) is 3.39. The van der Waals surface area contributed by atoms with Crippen molar-refractivity contribution >= 4 is 17.7 Å². The largest absolute Gasteiger partial charge is 0.342 e. The van der Waals surface area contributed by atoms with Crippen LogP contribution in [0.1, 0.15) is 30.6 Å². The average Bonchev–Trinajstić information content (AvgIpc) is 2.80. The Morgan fingerprint density at radius 1 is 1.12 bits per heavy atom. The van der Waals surface area contributed by atoms with Gasteiger partial charge in [-0.1, -0.05) is 0 Å². The fraction of sp³-hybridized carbons (Fsp3) is 0.556. The van der Waals surface area contributed by atoms with Crippen molar-refractivity contribution in [2.45, 2.75) is 20.3 Å². The summed E-state index contributed by atoms with van der Waals surface area (Å²) in [5.41, 5.74) is 0.191. The van der Waals surface area contributed by atoms with Crippen LogP contribution in [0.4, 0.5) is 0 Å². The third-order valence-corrected chi connectivity index (χ3v) is 5.14. The Morgan fingerprint density at radius 3 is 2.36 bits per heavy atom. The molecule has 1 aromatic rings. The first-order valence-electron chi connectivity index (χ1n) is 8.67. The lowest BCUT2D eigenvalue weighted by molar-refractivity contribution is -0.130. The first kappa shape index (κ1) is 17.4. The number of aromatic nitrogens is 1. The minimum absolute atomic E-state index is 0.0139. The standard InChI is InChI=1S/C18H24N4O3/c1-3-20-11-18(10-16(20)24)12-21(14(2)23)8-9-22(13-18)17(25)15-4-6-19-7-5-15/h4-7H,3,8-13H2,1-2H3. The van der Waals surface area contributed by atoms with Crippen molar-refractivity contribution in [1.29, 1.82) is 0 Å². The van der Waals surface area contributed by atoms with Gasteiger partial charge in [0.15, 0.2) is 0 Å². The molecule has 2 saturated heterocycles. The summed E-state index contributed by atoms with van der Waals surface area (Å²) in [7, 11) is 0. The Morgan fingerprint density at radius 2 is 1.76 bits per heavy atom. The van der Waals surface area contributed by atoms with Gasteiger partial charge in [-0.2, -0.15) is 0 Å². The van der Waals surface area contributed by atoms with Gasteiger partial charge in [0.05, 0.1) is 0 Å². The van der Waals surface area contributed by atoms with Gasteiger partial charge in [0.25, 0.3) is 5.91 Å². The number of likely N-dealkylation sites (tertiary alicyclic amines) is 1. The topological polar surface area (TPSA) is 73.8 Å². The van der Waals surface area contributed by atoms with E-state index in [9.17, 15) is 14.4 Å². The van der Waals surface area contributed by atoms with Crippen molar-refractivity contribution in [2.75, 3.05) is 39.3 Å². The van der Waals surface area contributed by atoms with E-state index in [-0.39, 0.29) is 17.7 Å². The molecule has 134 valence electrons. The molecule has 2 fully saturated rings. The summed E-state index contributed by atoms with van der Waals surface area (Å²) in [4.78, 5) is 46.5. The Bertz CT molecular complexity index is 678. The van der Waals surface area contributed by atoms with Crippen LogP contribution in [0, 0.1) is 5.41 Å². The lowest BCUT2D eigenvalue weighted by atomic mass is 9.85. The molecule has 0 bridgehead atoms. The molecule has 3 heterocycles. The van der Waals surface area contributed by atoms with E-state index in [0.717, 1.165) is 0 Å². The van der Waals surface area contributed by atoms with Gasteiger partial charge in [-0.25, -0.2) is 0 Å². The molecule has 0 radical (unpaired) electrons. The molecule has 7 nitrogen and oxygen atoms in total. The molecule has 7 heteroatoms. The molecule has 1 atom stereocenters. The van der Waals surface area contributed by atoms with Gasteiger partial charge in [-0.05, 0) is 19.1 Å². The highest BCUT2D eigenvalue weighted by molar-refractivity contribution is 5.94. The molecule has 3 rings (SSSR count). The molecule has 3 amide bonds. The van der Waals surface area contributed by atoms with E-state index in [0.29, 0.717) is 51.3 Å². The molecule has 0 aliphatic carbocycles. The van der Waals surface area contributed by atoms with Crippen LogP contribution in [-0.4, -0.2) is 76.7 Å². The van der Waals surface area contributed by atoms with Crippen LogP contribution in [0.3, 0.4) is 0 Å². The molecule has 0 N–H and O–H groups in total. The maximum Gasteiger partial charge on any atom is 0.254 e. The first-order chi connectivity index (χ1) is 11.9. The zero-order chi connectivity index (χ0) is 18.0. The van der Waals surface area contributed by atoms with E-state index in [4.69, 9.17) is 0 Å². The van der Waals surface area contributed by atoms with Crippen molar-refractivity contribution in [3.8, 4) is 0 Å². The molecule has 1 aromatic heterocycles. The fourth-order valence-electron chi connectivity index (χ4n) is 3.86. The fourth-order valence-corrected chi connectivity index (χ4v) is 3.86. The van der Waals surface area contributed by atoms with Gasteiger partial charge in [0.2, 0.25) is 11.8 Å². The van der Waals surface area contributed by atoms with Crippen molar-refractivity contribution in [1.82, 2.24) is 19.7 Å². The maximum atomic E-state index is 12.9. The van der Waals surface area contributed by atoms with Crippen molar-refractivity contribution < 1.29 is 14.4 Å². The van der Waals surface area contributed by atoms with Gasteiger partial charge in [0.1, 0.15) is 0 Å². The summed E-state index contributed by atoms with van der Waals surface area (Å²) in [6.07, 6.45) is 3.58. The lowest BCUT2D eigenvalue weighted by Crippen LogP contribution is -2.45. The molecule has 1 unspecified atom stereocenters. The molecular weight excluding hydrogens is 320 g/mol. The first-order valence-corrected chi connectivity index (χ1v) is 8.67. The Hall–Kier alpha value is -2.44. The quantitative estimate of drug-likeness (QED) is 0.788. The van der Waals surface area contributed by atoms with E-state index in [1.165, 1.54) is 0 Å². The highest BCUT2D eigenvalue weighted by atomic mass is 16.2. The van der Waals surface area contributed by atoms with E-state index >= 15 is 0 Å². The van der Waals surface area contributed by atoms with Crippen LogP contribution in [0.2, 0.25) is 0 Å². The Kier molecular flexibility index (Phi) is 4.74. The summed E-state index contributed by atoms with van der Waals surface area (Å²) in [6.45, 7) is 6.71. The summed E-state index contributed by atoms with van der Waals surface area (Å²) in [5.74, 6) is 0.0127. The third kappa shape index (κ3) is 3.50. The predicted molar refractivity (Wildman–Crippen MR) is 91.7 cm³/mol. The molecule has 2 aliphatic heterocycles. The second-order valence-corrected chi connectivity index (χ2v) is 6.99. The normalized spacial score (nSPS) is 23.9. The van der Waals surface area contributed by atoms with Crippen LogP contribution in [-0.2, 0) is 9.59 Å². The summed E-state index contributed by atoms with van der Waals surface area (Å²) < 4.78 is 0. The van der Waals surface area contributed by atoms with Gasteiger partial charge >= 0.3 is 0 Å². The number of hydrogen-bond donors (Lipinski definition) is 0. The molecule has 0 saturated carbocycles. The zero-order valence-corrected chi connectivity index (χ0v) is 14.8. The molecule has 25 heavy (non-hydrogen) atoms. The van der Waals surface area contributed by atoms with Crippen molar-refractivity contribution in [3.63, 3.8) is 0 Å². The maximum absolute atomic E-state index is 12.9. The number of carbonyl (C=O) groups excluding carboxylic acids is 3. The van der Waals surface area contributed by atoms with Crippen LogP contribution in [0.15, 0.2) is 24.5 Å². The minimum Gasteiger partial charge on any atom is -0.342 e. The van der Waals surface area contributed by atoms with Crippen LogP contribution < -0.4 is 0 Å². The second kappa shape index (κ2) is 6.82. The Balaban J connectivity index is 1.88. The monoisotopic (exact) mass is 344 g/mol. The zero-order valence-electron chi connectivity index (χ0n) is 14.8. The number of carbonyl (C=O) groups is 3. The number of rotatable bonds is 2. The van der Waals surface area contributed by atoms with Crippen LogP contribution >= 0.6 is 0 Å². The number of nitrogens with zero attached hydrogens (tertiary/aromatic N) is 4. The van der Waals surface area contributed by atoms with Crippen molar-refractivity contribution in [3.05, 3.63) is 30.1 Å². The van der Waals surface area contributed by atoms with Gasteiger partial charge < -0.3 is 14.7 Å². The minimum atomic E-state index is -0.391. The second-order valence-electron chi connectivity index (χ2n) is 6.99. The van der Waals surface area contributed by atoms with E-state index in [1.807, 2.05) is 11.8 Å². The number of amides is 3. The predicted octanol–water partition coefficient (Wildman–Crippen LogP) is 0.625. The highest BCUT2D eigenvalue weighted by Crippen LogP contribution is 2.35. The molecular formula is C18H24N4O3. The van der Waals surface area contributed by atoms with E-state index < -0.39 is 5.41 Å².